The zero-order chi connectivity index (χ0) is 18.8. The van der Waals surface area contributed by atoms with E-state index in [2.05, 4.69) is 61.5 Å². The second kappa shape index (κ2) is 7.56. The highest BCUT2D eigenvalue weighted by atomic mass is 32.1. The van der Waals surface area contributed by atoms with Gasteiger partial charge in [0, 0.05) is 17.0 Å². The second-order valence-electron chi connectivity index (χ2n) is 6.85. The zero-order valence-corrected chi connectivity index (χ0v) is 16.7. The van der Waals surface area contributed by atoms with Crippen LogP contribution in [0.1, 0.15) is 30.1 Å². The Morgan fingerprint density at radius 2 is 1.96 bits per heavy atom. The molecule has 136 valence electrons. The van der Waals surface area contributed by atoms with E-state index in [0.29, 0.717) is 17.8 Å². The molecule has 1 aromatic carbocycles. The Balaban J connectivity index is 2.04. The number of hydrogen-bond acceptors (Lipinski definition) is 4. The SMILES string of the molecule is C=C(C)CN(CC)Cc1nc2sc(C)c(-c3ccc(C)cc3)c2c(=O)[nH]1. The van der Waals surface area contributed by atoms with Crippen molar-refractivity contribution in [3.63, 3.8) is 0 Å². The number of hydrogen-bond donors (Lipinski definition) is 1. The van der Waals surface area contributed by atoms with E-state index in [1.54, 1.807) is 11.3 Å². The van der Waals surface area contributed by atoms with E-state index in [9.17, 15) is 4.79 Å². The summed E-state index contributed by atoms with van der Waals surface area (Å²) in [6.45, 7) is 14.5. The van der Waals surface area contributed by atoms with Gasteiger partial charge in [0.15, 0.2) is 0 Å². The summed E-state index contributed by atoms with van der Waals surface area (Å²) in [5, 5.41) is 0.697. The summed E-state index contributed by atoms with van der Waals surface area (Å²) in [7, 11) is 0. The van der Waals surface area contributed by atoms with Gasteiger partial charge in [0.05, 0.1) is 11.9 Å². The van der Waals surface area contributed by atoms with Crippen LogP contribution in [0.4, 0.5) is 0 Å². The van der Waals surface area contributed by atoms with Crippen molar-refractivity contribution in [3.05, 3.63) is 63.0 Å². The first-order valence-corrected chi connectivity index (χ1v) is 9.66. The lowest BCUT2D eigenvalue weighted by molar-refractivity contribution is 0.297. The third kappa shape index (κ3) is 3.79. The van der Waals surface area contributed by atoms with E-state index in [0.717, 1.165) is 39.5 Å². The lowest BCUT2D eigenvalue weighted by Gasteiger charge is -2.19. The number of nitrogens with zero attached hydrogens (tertiary/aromatic N) is 2. The Hall–Kier alpha value is -2.24. The number of likely N-dealkylation sites (N-methyl/N-ethyl adjacent to an activating group) is 1. The summed E-state index contributed by atoms with van der Waals surface area (Å²) in [5.41, 5.74) is 4.31. The molecule has 0 aliphatic carbocycles. The first kappa shape index (κ1) is 18.5. The summed E-state index contributed by atoms with van der Waals surface area (Å²) in [6, 6.07) is 8.29. The number of nitrogens with one attached hydrogen (secondary N) is 1. The van der Waals surface area contributed by atoms with Crippen LogP contribution < -0.4 is 5.56 Å². The van der Waals surface area contributed by atoms with Crippen molar-refractivity contribution in [1.82, 2.24) is 14.9 Å². The van der Waals surface area contributed by atoms with Crippen LogP contribution in [-0.2, 0) is 6.54 Å². The van der Waals surface area contributed by atoms with Crippen molar-refractivity contribution in [1.29, 1.82) is 0 Å². The number of fused-ring (bicyclic) bond motifs is 1. The zero-order valence-electron chi connectivity index (χ0n) is 15.8. The van der Waals surface area contributed by atoms with Gasteiger partial charge in [-0.3, -0.25) is 9.69 Å². The Morgan fingerprint density at radius 1 is 1.27 bits per heavy atom. The lowest BCUT2D eigenvalue weighted by atomic mass is 10.0. The Morgan fingerprint density at radius 3 is 2.58 bits per heavy atom. The van der Waals surface area contributed by atoms with Crippen LogP contribution in [0, 0.1) is 13.8 Å². The number of H-pyrrole nitrogens is 1. The minimum absolute atomic E-state index is 0.0590. The van der Waals surface area contributed by atoms with Gasteiger partial charge < -0.3 is 4.98 Å². The predicted molar refractivity (Wildman–Crippen MR) is 111 cm³/mol. The molecule has 0 bridgehead atoms. The molecule has 0 amide bonds. The van der Waals surface area contributed by atoms with E-state index < -0.39 is 0 Å². The quantitative estimate of drug-likeness (QED) is 0.644. The summed E-state index contributed by atoms with van der Waals surface area (Å²) >= 11 is 1.59. The van der Waals surface area contributed by atoms with E-state index >= 15 is 0 Å². The molecule has 0 fully saturated rings. The van der Waals surface area contributed by atoms with Gasteiger partial charge in [-0.15, -0.1) is 11.3 Å². The summed E-state index contributed by atoms with van der Waals surface area (Å²) in [5.74, 6) is 0.710. The maximum Gasteiger partial charge on any atom is 0.260 e. The molecular weight excluding hydrogens is 342 g/mol. The van der Waals surface area contributed by atoms with Gasteiger partial charge in [-0.1, -0.05) is 48.9 Å². The molecule has 0 aliphatic heterocycles. The van der Waals surface area contributed by atoms with Gasteiger partial charge in [0.1, 0.15) is 10.7 Å². The third-order valence-corrected chi connectivity index (χ3v) is 5.44. The van der Waals surface area contributed by atoms with Crippen LogP contribution in [-0.4, -0.2) is 28.0 Å². The van der Waals surface area contributed by atoms with Crippen LogP contribution in [0.2, 0.25) is 0 Å². The van der Waals surface area contributed by atoms with Crippen molar-refractivity contribution in [2.24, 2.45) is 0 Å². The van der Waals surface area contributed by atoms with Crippen molar-refractivity contribution in [2.75, 3.05) is 13.1 Å². The molecule has 26 heavy (non-hydrogen) atoms. The molecule has 1 N–H and O–H groups in total. The van der Waals surface area contributed by atoms with Crippen LogP contribution >= 0.6 is 11.3 Å². The fraction of sp³-hybridized carbons (Fsp3) is 0.333. The van der Waals surface area contributed by atoms with Crippen molar-refractivity contribution in [3.8, 4) is 11.1 Å². The average molecular weight is 368 g/mol. The summed E-state index contributed by atoms with van der Waals surface area (Å²) < 4.78 is 0. The van der Waals surface area contributed by atoms with Gasteiger partial charge in [-0.25, -0.2) is 4.98 Å². The highest BCUT2D eigenvalue weighted by Gasteiger charge is 2.17. The molecule has 5 heteroatoms. The minimum Gasteiger partial charge on any atom is -0.309 e. The standard InChI is InChI=1S/C21H25N3OS/c1-6-24(11-13(2)3)12-17-22-20(25)19-18(15(5)26-21(19)23-17)16-9-7-14(4)8-10-16/h7-10H,2,6,11-12H2,1,3-5H3,(H,22,23,25). The molecule has 0 unspecified atom stereocenters. The molecular formula is C21H25N3OS. The van der Waals surface area contributed by atoms with Crippen LogP contribution in [0.3, 0.4) is 0 Å². The highest BCUT2D eigenvalue weighted by molar-refractivity contribution is 7.19. The molecule has 4 nitrogen and oxygen atoms in total. The van der Waals surface area contributed by atoms with Crippen molar-refractivity contribution < 1.29 is 0 Å². The number of aromatic nitrogens is 2. The molecule has 0 atom stereocenters. The van der Waals surface area contributed by atoms with Gasteiger partial charge in [-0.2, -0.15) is 0 Å². The first-order chi connectivity index (χ1) is 12.4. The van der Waals surface area contributed by atoms with Crippen molar-refractivity contribution >= 4 is 21.6 Å². The Kier molecular flexibility index (Phi) is 5.39. The molecule has 3 aromatic rings. The average Bonchev–Trinajstić information content (AvgIpc) is 2.91. The van der Waals surface area contributed by atoms with Gasteiger partial charge in [0.2, 0.25) is 0 Å². The summed E-state index contributed by atoms with van der Waals surface area (Å²) in [4.78, 5) is 24.7. The molecule has 0 aliphatic rings. The smallest absolute Gasteiger partial charge is 0.260 e. The fourth-order valence-corrected chi connectivity index (χ4v) is 4.24. The molecule has 0 spiro atoms. The molecule has 0 radical (unpaired) electrons. The molecule has 0 saturated heterocycles. The lowest BCUT2D eigenvalue weighted by Crippen LogP contribution is -2.27. The largest absolute Gasteiger partial charge is 0.309 e. The number of aryl methyl sites for hydroxylation is 2. The van der Waals surface area contributed by atoms with E-state index in [1.165, 1.54) is 5.56 Å². The maximum atomic E-state index is 12.8. The number of thiophene rings is 1. The van der Waals surface area contributed by atoms with E-state index in [1.807, 2.05) is 6.92 Å². The van der Waals surface area contributed by atoms with E-state index in [-0.39, 0.29) is 5.56 Å². The van der Waals surface area contributed by atoms with Crippen LogP contribution in [0.5, 0.6) is 0 Å². The highest BCUT2D eigenvalue weighted by Crippen LogP contribution is 2.35. The van der Waals surface area contributed by atoms with E-state index in [4.69, 9.17) is 4.98 Å². The molecule has 2 aromatic heterocycles. The predicted octanol–water partition coefficient (Wildman–Crippen LogP) is 4.67. The normalized spacial score (nSPS) is 11.4. The number of benzene rings is 1. The monoisotopic (exact) mass is 367 g/mol. The molecule has 0 saturated carbocycles. The number of rotatable bonds is 6. The Bertz CT molecular complexity index is 999. The molecule has 2 heterocycles. The molecule has 3 rings (SSSR count). The first-order valence-electron chi connectivity index (χ1n) is 8.85. The van der Waals surface area contributed by atoms with Crippen molar-refractivity contribution in [2.45, 2.75) is 34.2 Å². The topological polar surface area (TPSA) is 49.0 Å². The maximum absolute atomic E-state index is 12.8. The summed E-state index contributed by atoms with van der Waals surface area (Å²) in [6.07, 6.45) is 0. The van der Waals surface area contributed by atoms with Gasteiger partial charge in [-0.05, 0) is 32.9 Å². The second-order valence-corrected chi connectivity index (χ2v) is 8.06. The number of aromatic amines is 1. The van der Waals surface area contributed by atoms with Crippen LogP contribution in [0.15, 0.2) is 41.2 Å². The third-order valence-electron chi connectivity index (χ3n) is 4.44. The minimum atomic E-state index is -0.0590. The fourth-order valence-electron chi connectivity index (χ4n) is 3.18. The Labute approximate surface area is 158 Å². The van der Waals surface area contributed by atoms with Gasteiger partial charge >= 0.3 is 0 Å². The van der Waals surface area contributed by atoms with Crippen LogP contribution in [0.25, 0.3) is 21.3 Å². The van der Waals surface area contributed by atoms with Gasteiger partial charge in [0.25, 0.3) is 5.56 Å².